The van der Waals surface area contributed by atoms with Crippen LogP contribution in [0.5, 0.6) is 0 Å². The molecule has 1 aliphatic rings. The summed E-state index contributed by atoms with van der Waals surface area (Å²) in [6.45, 7) is 5.74. The van der Waals surface area contributed by atoms with Gasteiger partial charge in [-0.2, -0.15) is 0 Å². The average Bonchev–Trinajstić information content (AvgIpc) is 3.19. The second-order valence-corrected chi connectivity index (χ2v) is 8.38. The maximum absolute atomic E-state index is 12.4. The summed E-state index contributed by atoms with van der Waals surface area (Å²) in [7, 11) is 0. The van der Waals surface area contributed by atoms with Gasteiger partial charge in [0.1, 0.15) is 5.00 Å². The Hall–Kier alpha value is -2.13. The Morgan fingerprint density at radius 3 is 2.85 bits per heavy atom. The zero-order valence-electron chi connectivity index (χ0n) is 15.4. The Morgan fingerprint density at radius 2 is 2.11 bits per heavy atom. The van der Waals surface area contributed by atoms with Gasteiger partial charge < -0.3 is 15.0 Å². The number of amides is 1. The number of H-pyrrole nitrogens is 1. The monoisotopic (exact) mass is 407 g/mol. The number of nitrogens with zero attached hydrogens (tertiary/aromatic N) is 1. The molecular weight excluding hydrogens is 386 g/mol. The fraction of sp³-hybridized carbons (Fsp3) is 0.444. The third kappa shape index (κ3) is 4.24. The number of aromatic amines is 1. The Kier molecular flexibility index (Phi) is 6.01. The molecule has 0 spiro atoms. The third-order valence-corrected chi connectivity index (χ3v) is 6.37. The Morgan fingerprint density at radius 1 is 1.33 bits per heavy atom. The van der Waals surface area contributed by atoms with Crippen LogP contribution >= 0.6 is 23.1 Å². The largest absolute Gasteiger partial charge is 0.462 e. The van der Waals surface area contributed by atoms with Crippen molar-refractivity contribution < 1.29 is 14.3 Å². The quantitative estimate of drug-likeness (QED) is 0.434. The number of aryl methyl sites for hydroxylation is 2. The van der Waals surface area contributed by atoms with Crippen molar-refractivity contribution in [3.05, 3.63) is 37.6 Å². The topological polar surface area (TPSA) is 101 Å². The molecule has 27 heavy (non-hydrogen) atoms. The summed E-state index contributed by atoms with van der Waals surface area (Å²) in [5, 5.41) is 3.72. The molecule has 0 bridgehead atoms. The number of ether oxygens (including phenoxy) is 1. The van der Waals surface area contributed by atoms with Gasteiger partial charge in [0.2, 0.25) is 5.91 Å². The Balaban J connectivity index is 1.68. The van der Waals surface area contributed by atoms with Crippen LogP contribution in [0.1, 0.15) is 45.4 Å². The van der Waals surface area contributed by atoms with E-state index in [4.69, 9.17) is 4.74 Å². The summed E-state index contributed by atoms with van der Waals surface area (Å²) < 4.78 is 5.09. The van der Waals surface area contributed by atoms with Crippen molar-refractivity contribution in [1.82, 2.24) is 9.97 Å². The molecule has 1 aliphatic carbocycles. The smallest absolute Gasteiger partial charge is 0.341 e. The highest BCUT2D eigenvalue weighted by atomic mass is 32.2. The molecule has 2 aromatic rings. The summed E-state index contributed by atoms with van der Waals surface area (Å²) in [5.41, 5.74) is 2.69. The fourth-order valence-corrected chi connectivity index (χ4v) is 4.69. The number of carbonyl (C=O) groups is 2. The highest BCUT2D eigenvalue weighted by Crippen LogP contribution is 2.33. The van der Waals surface area contributed by atoms with E-state index in [-0.39, 0.29) is 23.8 Å². The van der Waals surface area contributed by atoms with Gasteiger partial charge in [-0.05, 0) is 45.6 Å². The number of anilines is 1. The van der Waals surface area contributed by atoms with E-state index in [0.717, 1.165) is 41.0 Å². The first-order valence-electron chi connectivity index (χ1n) is 8.72. The van der Waals surface area contributed by atoms with Crippen LogP contribution in [0.2, 0.25) is 0 Å². The van der Waals surface area contributed by atoms with E-state index in [1.165, 1.54) is 23.1 Å². The van der Waals surface area contributed by atoms with E-state index in [1.54, 1.807) is 6.92 Å². The highest BCUT2D eigenvalue weighted by Gasteiger charge is 2.22. The van der Waals surface area contributed by atoms with Crippen molar-refractivity contribution in [1.29, 1.82) is 0 Å². The Labute approximate surface area is 164 Å². The molecule has 0 aromatic carbocycles. The molecule has 1 amide bonds. The van der Waals surface area contributed by atoms with Crippen LogP contribution in [0, 0.1) is 13.8 Å². The third-order valence-electron chi connectivity index (χ3n) is 4.38. The van der Waals surface area contributed by atoms with Gasteiger partial charge in [0.05, 0.1) is 23.6 Å². The van der Waals surface area contributed by atoms with Crippen LogP contribution in [0.4, 0.5) is 5.00 Å². The zero-order chi connectivity index (χ0) is 19.6. The molecule has 0 atom stereocenters. The molecule has 2 heterocycles. The lowest BCUT2D eigenvalue weighted by molar-refractivity contribution is -0.113. The summed E-state index contributed by atoms with van der Waals surface area (Å²) in [6.07, 6.45) is 2.50. The van der Waals surface area contributed by atoms with E-state index in [9.17, 15) is 14.4 Å². The predicted molar refractivity (Wildman–Crippen MR) is 106 cm³/mol. The van der Waals surface area contributed by atoms with Gasteiger partial charge in [0.25, 0.3) is 5.56 Å². The molecule has 2 aromatic heterocycles. The first kappa shape index (κ1) is 19.6. The zero-order valence-corrected chi connectivity index (χ0v) is 17.1. The van der Waals surface area contributed by atoms with Crippen LogP contribution in [-0.2, 0) is 22.4 Å². The molecule has 0 unspecified atom stereocenters. The van der Waals surface area contributed by atoms with Crippen molar-refractivity contribution in [2.24, 2.45) is 0 Å². The van der Waals surface area contributed by atoms with Gasteiger partial charge in [0, 0.05) is 10.4 Å². The fourth-order valence-electron chi connectivity index (χ4n) is 2.95. The van der Waals surface area contributed by atoms with E-state index >= 15 is 0 Å². The first-order chi connectivity index (χ1) is 12.9. The molecule has 0 fully saturated rings. The van der Waals surface area contributed by atoms with Gasteiger partial charge in [-0.3, -0.25) is 9.59 Å². The number of fused-ring (bicyclic) bond motifs is 1. The molecule has 0 aliphatic heterocycles. The highest BCUT2D eigenvalue weighted by molar-refractivity contribution is 7.99. The molecule has 0 saturated carbocycles. The van der Waals surface area contributed by atoms with Crippen molar-refractivity contribution in [2.45, 2.75) is 45.2 Å². The summed E-state index contributed by atoms with van der Waals surface area (Å²) in [4.78, 5) is 44.7. The molecule has 0 radical (unpaired) electrons. The van der Waals surface area contributed by atoms with Crippen molar-refractivity contribution in [3.8, 4) is 0 Å². The minimum absolute atomic E-state index is 0.0833. The number of nitrogens with one attached hydrogen (secondary N) is 2. The van der Waals surface area contributed by atoms with Gasteiger partial charge >= 0.3 is 5.97 Å². The molecule has 144 valence electrons. The van der Waals surface area contributed by atoms with Gasteiger partial charge in [-0.25, -0.2) is 9.78 Å². The lowest BCUT2D eigenvalue weighted by Gasteiger charge is -2.07. The van der Waals surface area contributed by atoms with Gasteiger partial charge in [-0.15, -0.1) is 11.3 Å². The van der Waals surface area contributed by atoms with Crippen LogP contribution in [0.15, 0.2) is 9.95 Å². The number of thiophene rings is 1. The SMILES string of the molecule is CCOC(=O)c1c(NC(=O)CSc2nc3c(c(=O)[nH]2)CCC3)sc(C)c1C. The lowest BCUT2D eigenvalue weighted by Crippen LogP contribution is -2.18. The molecule has 7 nitrogen and oxygen atoms in total. The summed E-state index contributed by atoms with van der Waals surface area (Å²) in [5.74, 6) is -0.623. The molecular formula is C18H21N3O4S2. The first-order valence-corrected chi connectivity index (χ1v) is 10.5. The molecule has 0 saturated heterocycles. The van der Waals surface area contributed by atoms with Gasteiger partial charge in [0.15, 0.2) is 5.16 Å². The number of aromatic nitrogens is 2. The minimum atomic E-state index is -0.438. The lowest BCUT2D eigenvalue weighted by atomic mass is 10.1. The average molecular weight is 408 g/mol. The van der Waals surface area contributed by atoms with Crippen molar-refractivity contribution in [2.75, 3.05) is 17.7 Å². The van der Waals surface area contributed by atoms with Crippen molar-refractivity contribution >= 4 is 40.0 Å². The second-order valence-electron chi connectivity index (χ2n) is 6.19. The second kappa shape index (κ2) is 8.26. The van der Waals surface area contributed by atoms with Crippen LogP contribution in [0.3, 0.4) is 0 Å². The van der Waals surface area contributed by atoms with E-state index in [1.807, 2.05) is 13.8 Å². The number of thioether (sulfide) groups is 1. The van der Waals surface area contributed by atoms with Crippen molar-refractivity contribution in [3.63, 3.8) is 0 Å². The van der Waals surface area contributed by atoms with E-state index in [0.29, 0.717) is 15.7 Å². The summed E-state index contributed by atoms with van der Waals surface area (Å²) in [6, 6.07) is 0. The molecule has 9 heteroatoms. The van der Waals surface area contributed by atoms with E-state index in [2.05, 4.69) is 15.3 Å². The minimum Gasteiger partial charge on any atom is -0.462 e. The van der Waals surface area contributed by atoms with E-state index < -0.39 is 5.97 Å². The van der Waals surface area contributed by atoms with Crippen LogP contribution < -0.4 is 10.9 Å². The molecule has 2 N–H and O–H groups in total. The molecule has 3 rings (SSSR count). The normalized spacial score (nSPS) is 12.7. The standard InChI is InChI=1S/C18H21N3O4S2/c1-4-25-17(24)14-9(2)10(3)27-16(14)20-13(22)8-26-18-19-12-7-5-6-11(12)15(23)21-18/h4-8H2,1-3H3,(H,20,22)(H,19,21,23). The number of hydrogen-bond donors (Lipinski definition) is 2. The van der Waals surface area contributed by atoms with Crippen LogP contribution in [-0.4, -0.2) is 34.2 Å². The number of hydrogen-bond acceptors (Lipinski definition) is 7. The maximum Gasteiger partial charge on any atom is 0.341 e. The summed E-state index contributed by atoms with van der Waals surface area (Å²) >= 11 is 2.52. The number of esters is 1. The number of carbonyl (C=O) groups excluding carboxylic acids is 2. The maximum atomic E-state index is 12.4. The van der Waals surface area contributed by atoms with Crippen LogP contribution in [0.25, 0.3) is 0 Å². The number of rotatable bonds is 6. The predicted octanol–water partition coefficient (Wildman–Crippen LogP) is 2.84. The van der Waals surface area contributed by atoms with Gasteiger partial charge in [-0.1, -0.05) is 11.8 Å². The Bertz CT molecular complexity index is 949.